The van der Waals surface area contributed by atoms with Crippen molar-refractivity contribution < 1.29 is 18.8 Å². The van der Waals surface area contributed by atoms with Crippen molar-refractivity contribution >= 4 is 29.2 Å². The Morgan fingerprint density at radius 1 is 1.07 bits per heavy atom. The van der Waals surface area contributed by atoms with Gasteiger partial charge in [0, 0.05) is 36.9 Å². The smallest absolute Gasteiger partial charge is 0.319 e. The Balaban J connectivity index is 1.46. The predicted molar refractivity (Wildman–Crippen MR) is 110 cm³/mol. The summed E-state index contributed by atoms with van der Waals surface area (Å²) < 4.78 is 4.96. The number of likely N-dealkylation sites (tertiary alicyclic amines) is 1. The fourth-order valence-corrected chi connectivity index (χ4v) is 3.13. The van der Waals surface area contributed by atoms with E-state index in [0.717, 1.165) is 0 Å². The van der Waals surface area contributed by atoms with Gasteiger partial charge in [0.15, 0.2) is 0 Å². The molecule has 152 valence electrons. The molecule has 1 aromatic carbocycles. The number of piperidine rings is 1. The number of hydrogen-bond donors (Lipinski definition) is 3. The van der Waals surface area contributed by atoms with E-state index >= 15 is 0 Å². The van der Waals surface area contributed by atoms with Crippen LogP contribution in [0.3, 0.4) is 0 Å². The Labute approximate surface area is 168 Å². The van der Waals surface area contributed by atoms with Gasteiger partial charge in [0.05, 0.1) is 11.8 Å². The lowest BCUT2D eigenvalue weighted by atomic mass is 9.95. The summed E-state index contributed by atoms with van der Waals surface area (Å²) in [4.78, 5) is 38.2. The highest BCUT2D eigenvalue weighted by molar-refractivity contribution is 5.95. The van der Waals surface area contributed by atoms with Crippen molar-refractivity contribution in [3.63, 3.8) is 0 Å². The molecule has 1 saturated heterocycles. The van der Waals surface area contributed by atoms with Crippen LogP contribution in [0.1, 0.15) is 23.2 Å². The Morgan fingerprint density at radius 2 is 1.72 bits per heavy atom. The molecule has 1 fully saturated rings. The number of hydrogen-bond acceptors (Lipinski definition) is 4. The monoisotopic (exact) mass is 396 g/mol. The van der Waals surface area contributed by atoms with Gasteiger partial charge in [-0.15, -0.1) is 6.58 Å². The molecule has 29 heavy (non-hydrogen) atoms. The first kappa shape index (κ1) is 20.2. The fraction of sp³-hybridized carbons (Fsp3) is 0.286. The highest BCUT2D eigenvalue weighted by Gasteiger charge is 2.28. The van der Waals surface area contributed by atoms with Crippen LogP contribution < -0.4 is 16.0 Å². The minimum atomic E-state index is -0.321. The zero-order chi connectivity index (χ0) is 20.6. The second-order valence-electron chi connectivity index (χ2n) is 6.77. The van der Waals surface area contributed by atoms with Gasteiger partial charge in [-0.2, -0.15) is 0 Å². The van der Waals surface area contributed by atoms with Crippen LogP contribution in [0.25, 0.3) is 0 Å². The van der Waals surface area contributed by atoms with Gasteiger partial charge in [-0.25, -0.2) is 4.79 Å². The number of anilines is 2. The van der Waals surface area contributed by atoms with E-state index in [1.807, 2.05) is 0 Å². The second kappa shape index (κ2) is 9.59. The molecule has 4 amide bonds. The van der Waals surface area contributed by atoms with Crippen LogP contribution in [0.4, 0.5) is 16.2 Å². The summed E-state index contributed by atoms with van der Waals surface area (Å²) in [5.74, 6) is -0.284. The van der Waals surface area contributed by atoms with Gasteiger partial charge >= 0.3 is 6.03 Å². The molecule has 1 aromatic heterocycles. The summed E-state index contributed by atoms with van der Waals surface area (Å²) in [7, 11) is 0. The number of amides is 4. The molecule has 0 atom stereocenters. The number of benzene rings is 1. The maximum absolute atomic E-state index is 12.5. The van der Waals surface area contributed by atoms with Gasteiger partial charge in [-0.1, -0.05) is 6.08 Å². The van der Waals surface area contributed by atoms with Crippen molar-refractivity contribution in [2.75, 3.05) is 30.3 Å². The minimum absolute atomic E-state index is 0.0650. The van der Waals surface area contributed by atoms with E-state index in [4.69, 9.17) is 4.42 Å². The standard InChI is InChI=1S/C21H24N4O4/c1-2-10-22-21(28)24-18-5-3-17(4-6-18)23-19(26)15-7-11-25(12-8-15)20(27)16-9-13-29-14-16/h2-6,9,13-15H,1,7-8,10-12H2,(H,23,26)(H2,22,24,28). The summed E-state index contributed by atoms with van der Waals surface area (Å²) in [6.07, 6.45) is 5.72. The van der Waals surface area contributed by atoms with E-state index in [-0.39, 0.29) is 23.8 Å². The van der Waals surface area contributed by atoms with Crippen LogP contribution in [0.5, 0.6) is 0 Å². The summed E-state index contributed by atoms with van der Waals surface area (Å²) in [5.41, 5.74) is 1.80. The Hall–Kier alpha value is -3.55. The third-order valence-electron chi connectivity index (χ3n) is 4.74. The minimum Gasteiger partial charge on any atom is -0.472 e. The number of carbonyl (C=O) groups excluding carboxylic acids is 3. The molecule has 0 unspecified atom stereocenters. The van der Waals surface area contributed by atoms with Crippen molar-refractivity contribution in [3.05, 3.63) is 61.1 Å². The van der Waals surface area contributed by atoms with E-state index in [1.54, 1.807) is 41.3 Å². The molecule has 0 spiro atoms. The third-order valence-corrected chi connectivity index (χ3v) is 4.74. The maximum Gasteiger partial charge on any atom is 0.319 e. The topological polar surface area (TPSA) is 104 Å². The number of furan rings is 1. The molecule has 2 aromatic rings. The lowest BCUT2D eigenvalue weighted by Gasteiger charge is -2.31. The van der Waals surface area contributed by atoms with E-state index < -0.39 is 0 Å². The van der Waals surface area contributed by atoms with E-state index in [1.165, 1.54) is 12.5 Å². The summed E-state index contributed by atoms with van der Waals surface area (Å²) in [6.45, 7) is 4.98. The van der Waals surface area contributed by atoms with Crippen molar-refractivity contribution in [2.45, 2.75) is 12.8 Å². The van der Waals surface area contributed by atoms with Crippen molar-refractivity contribution in [1.29, 1.82) is 0 Å². The van der Waals surface area contributed by atoms with Gasteiger partial charge in [0.1, 0.15) is 6.26 Å². The van der Waals surface area contributed by atoms with Crippen LogP contribution in [-0.2, 0) is 4.79 Å². The highest BCUT2D eigenvalue weighted by atomic mass is 16.3. The molecule has 0 bridgehead atoms. The SMILES string of the molecule is C=CCNC(=O)Nc1ccc(NC(=O)C2CCN(C(=O)c3ccoc3)CC2)cc1. The van der Waals surface area contributed by atoms with Crippen LogP contribution >= 0.6 is 0 Å². The zero-order valence-corrected chi connectivity index (χ0v) is 16.0. The normalized spacial score (nSPS) is 14.1. The number of carbonyl (C=O) groups is 3. The van der Waals surface area contributed by atoms with Gasteiger partial charge in [-0.05, 0) is 43.2 Å². The van der Waals surface area contributed by atoms with Crippen LogP contribution in [0.15, 0.2) is 59.9 Å². The Morgan fingerprint density at radius 3 is 2.31 bits per heavy atom. The molecular weight excluding hydrogens is 372 g/mol. The quantitative estimate of drug-likeness (QED) is 0.653. The first-order chi connectivity index (χ1) is 14.1. The predicted octanol–water partition coefficient (Wildman–Crippen LogP) is 3.08. The molecule has 0 saturated carbocycles. The average Bonchev–Trinajstić information content (AvgIpc) is 3.28. The first-order valence-corrected chi connectivity index (χ1v) is 9.45. The molecular formula is C21H24N4O4. The highest BCUT2D eigenvalue weighted by Crippen LogP contribution is 2.22. The van der Waals surface area contributed by atoms with Crippen LogP contribution in [-0.4, -0.2) is 42.4 Å². The molecule has 2 heterocycles. The summed E-state index contributed by atoms with van der Waals surface area (Å²) >= 11 is 0. The van der Waals surface area contributed by atoms with E-state index in [2.05, 4.69) is 22.5 Å². The average molecular weight is 396 g/mol. The number of nitrogens with one attached hydrogen (secondary N) is 3. The lowest BCUT2D eigenvalue weighted by Crippen LogP contribution is -2.41. The molecule has 1 aliphatic heterocycles. The van der Waals surface area contributed by atoms with Crippen molar-refractivity contribution in [3.8, 4) is 0 Å². The molecule has 8 nitrogen and oxygen atoms in total. The molecule has 0 aliphatic carbocycles. The van der Waals surface area contributed by atoms with Gasteiger partial charge in [0.25, 0.3) is 5.91 Å². The zero-order valence-electron chi connectivity index (χ0n) is 16.0. The first-order valence-electron chi connectivity index (χ1n) is 9.45. The fourth-order valence-electron chi connectivity index (χ4n) is 3.13. The lowest BCUT2D eigenvalue weighted by molar-refractivity contribution is -0.121. The second-order valence-corrected chi connectivity index (χ2v) is 6.77. The molecule has 3 rings (SSSR count). The van der Waals surface area contributed by atoms with Gasteiger partial charge < -0.3 is 25.3 Å². The van der Waals surface area contributed by atoms with Gasteiger partial charge in [0.2, 0.25) is 5.91 Å². The Bertz CT molecular complexity index is 853. The maximum atomic E-state index is 12.5. The molecule has 0 radical (unpaired) electrons. The van der Waals surface area contributed by atoms with Crippen molar-refractivity contribution in [1.82, 2.24) is 10.2 Å². The molecule has 3 N–H and O–H groups in total. The van der Waals surface area contributed by atoms with Crippen LogP contribution in [0, 0.1) is 5.92 Å². The largest absolute Gasteiger partial charge is 0.472 e. The third kappa shape index (κ3) is 5.47. The van der Waals surface area contributed by atoms with E-state index in [9.17, 15) is 14.4 Å². The summed E-state index contributed by atoms with van der Waals surface area (Å²) in [5, 5.41) is 8.21. The molecule has 8 heteroatoms. The number of rotatable bonds is 6. The number of urea groups is 1. The molecule has 1 aliphatic rings. The van der Waals surface area contributed by atoms with E-state index in [0.29, 0.717) is 49.4 Å². The Kier molecular flexibility index (Phi) is 6.67. The number of nitrogens with zero attached hydrogens (tertiary/aromatic N) is 1. The van der Waals surface area contributed by atoms with Crippen LogP contribution in [0.2, 0.25) is 0 Å². The van der Waals surface area contributed by atoms with Gasteiger partial charge in [-0.3, -0.25) is 9.59 Å². The van der Waals surface area contributed by atoms with Crippen molar-refractivity contribution in [2.24, 2.45) is 5.92 Å². The summed E-state index contributed by atoms with van der Waals surface area (Å²) in [6, 6.07) is 8.23.